The van der Waals surface area contributed by atoms with E-state index in [1.165, 1.54) is 12.8 Å². The van der Waals surface area contributed by atoms with Gasteiger partial charge in [0.25, 0.3) is 0 Å². The number of aromatic nitrogens is 1. The standard InChI is InChI=1S/C31H37N2O3.C4H10/c1-10-23-24(11-2)32(7)26(31(23,5)6)18-22-29(34)28(30(22)36-9)27-20(4)33(17-16-19(3)35-8)25-15-13-12-14-21(25)27;1-3-4-2/h10-15,18-19H,1-2,16-17H2,3-9H3;3-4H2,1-2H3/q+1;. The van der Waals surface area contributed by atoms with Crippen LogP contribution in [0, 0.1) is 12.3 Å². The maximum absolute atomic E-state index is 13.7. The monoisotopic (exact) mass is 543 g/mol. The lowest BCUT2D eigenvalue weighted by molar-refractivity contribution is -0.435. The quantitative estimate of drug-likeness (QED) is 0.227. The predicted molar refractivity (Wildman–Crippen MR) is 168 cm³/mol. The van der Waals surface area contributed by atoms with Crippen LogP contribution in [0.15, 0.2) is 78.3 Å². The Hall–Kier alpha value is -3.44. The molecule has 1 unspecified atom stereocenters. The van der Waals surface area contributed by atoms with Crippen molar-refractivity contribution >= 4 is 28.0 Å². The Bertz CT molecular complexity index is 1440. The number of para-hydroxylation sites is 1. The lowest BCUT2D eigenvalue weighted by Gasteiger charge is -2.26. The van der Waals surface area contributed by atoms with Crippen molar-refractivity contribution in [3.63, 3.8) is 0 Å². The average molecular weight is 544 g/mol. The third-order valence-electron chi connectivity index (χ3n) is 8.28. The van der Waals surface area contributed by atoms with E-state index in [1.807, 2.05) is 37.4 Å². The van der Waals surface area contributed by atoms with Gasteiger partial charge in [-0.05, 0) is 40.2 Å². The minimum absolute atomic E-state index is 0.00650. The summed E-state index contributed by atoms with van der Waals surface area (Å²) in [4.78, 5) is 13.7. The van der Waals surface area contributed by atoms with Gasteiger partial charge >= 0.3 is 0 Å². The maximum atomic E-state index is 13.7. The summed E-state index contributed by atoms with van der Waals surface area (Å²) in [6.45, 7) is 21.6. The highest BCUT2D eigenvalue weighted by molar-refractivity contribution is 6.41. The summed E-state index contributed by atoms with van der Waals surface area (Å²) in [5, 5.41) is 1.06. The number of aryl methyl sites for hydroxylation is 1. The number of likely N-dealkylation sites (N-methyl/N-ethyl adjacent to an activating group) is 1. The summed E-state index contributed by atoms with van der Waals surface area (Å²) in [6.07, 6.45) is 9.37. The highest BCUT2D eigenvalue weighted by Gasteiger charge is 2.46. The number of hydrogen-bond acceptors (Lipinski definition) is 3. The van der Waals surface area contributed by atoms with Gasteiger partial charge in [-0.15, -0.1) is 0 Å². The predicted octanol–water partition coefficient (Wildman–Crippen LogP) is 7.80. The Balaban J connectivity index is 0.00000103. The second kappa shape index (κ2) is 12.8. The van der Waals surface area contributed by atoms with E-state index >= 15 is 0 Å². The number of unbranched alkanes of at least 4 members (excludes halogenated alkanes) is 1. The molecule has 0 amide bonds. The number of nitrogens with zero attached hydrogens (tertiary/aromatic N) is 2. The fourth-order valence-electron chi connectivity index (χ4n) is 5.66. The van der Waals surface area contributed by atoms with Crippen molar-refractivity contribution in [1.29, 1.82) is 0 Å². The molecule has 0 saturated heterocycles. The number of Topliss-reactive ketones (excluding diaryl/α,β-unsaturated/α-hetero) is 1. The summed E-state index contributed by atoms with van der Waals surface area (Å²) in [6, 6.07) is 8.26. The first-order valence-corrected chi connectivity index (χ1v) is 14.3. The van der Waals surface area contributed by atoms with Gasteiger partial charge in [0, 0.05) is 53.5 Å². The fraction of sp³-hybridized carbons (Fsp3) is 0.429. The van der Waals surface area contributed by atoms with Crippen LogP contribution in [-0.4, -0.2) is 48.0 Å². The van der Waals surface area contributed by atoms with Gasteiger partial charge in [0.2, 0.25) is 11.5 Å². The van der Waals surface area contributed by atoms with Crippen LogP contribution in [0.1, 0.15) is 65.1 Å². The first-order valence-electron chi connectivity index (χ1n) is 14.3. The van der Waals surface area contributed by atoms with Crippen molar-refractivity contribution in [3.8, 4) is 0 Å². The minimum atomic E-state index is -0.314. The smallest absolute Gasteiger partial charge is 0.208 e. The Morgan fingerprint density at radius 2 is 1.75 bits per heavy atom. The number of allylic oxidation sites excluding steroid dienone is 6. The minimum Gasteiger partial charge on any atom is -0.495 e. The normalized spacial score (nSPS) is 18.2. The number of carbonyl (C=O) groups excluding carboxylic acids is 1. The molecule has 0 N–H and O–H groups in total. The largest absolute Gasteiger partial charge is 0.495 e. The van der Waals surface area contributed by atoms with Crippen LogP contribution in [-0.2, 0) is 20.8 Å². The molecule has 1 aliphatic carbocycles. The lowest BCUT2D eigenvalue weighted by Crippen LogP contribution is -2.29. The van der Waals surface area contributed by atoms with Crippen LogP contribution in [0.2, 0.25) is 0 Å². The van der Waals surface area contributed by atoms with Crippen molar-refractivity contribution in [2.45, 2.75) is 73.5 Å². The molecule has 0 fully saturated rings. The molecule has 2 heterocycles. The molecule has 0 saturated carbocycles. The molecule has 1 aromatic heterocycles. The zero-order valence-electron chi connectivity index (χ0n) is 26.0. The summed E-state index contributed by atoms with van der Waals surface area (Å²) in [7, 11) is 5.38. The molecule has 5 heteroatoms. The molecule has 1 aromatic carbocycles. The zero-order chi connectivity index (χ0) is 29.8. The molecule has 40 heavy (non-hydrogen) atoms. The summed E-state index contributed by atoms with van der Waals surface area (Å²) in [5.41, 5.74) is 7.16. The van der Waals surface area contributed by atoms with Crippen LogP contribution in [0.4, 0.5) is 0 Å². The molecule has 1 aliphatic heterocycles. The Morgan fingerprint density at radius 3 is 2.27 bits per heavy atom. The lowest BCUT2D eigenvalue weighted by atomic mass is 9.76. The highest BCUT2D eigenvalue weighted by Crippen LogP contribution is 2.45. The van der Waals surface area contributed by atoms with E-state index in [1.54, 1.807) is 14.2 Å². The molecule has 0 spiro atoms. The second-order valence-corrected chi connectivity index (χ2v) is 11.0. The number of benzene rings is 1. The van der Waals surface area contributed by atoms with Gasteiger partial charge in [0.05, 0.1) is 29.8 Å². The number of rotatable bonds is 10. The molecule has 0 radical (unpaired) electrons. The van der Waals surface area contributed by atoms with Gasteiger partial charge in [-0.2, -0.15) is 4.58 Å². The number of ether oxygens (including phenoxy) is 2. The first-order chi connectivity index (χ1) is 19.0. The highest BCUT2D eigenvalue weighted by atomic mass is 16.5. The van der Waals surface area contributed by atoms with Gasteiger partial charge in [0.1, 0.15) is 12.8 Å². The van der Waals surface area contributed by atoms with Gasteiger partial charge in [-0.3, -0.25) is 4.79 Å². The van der Waals surface area contributed by atoms with Gasteiger partial charge in [0.15, 0.2) is 5.71 Å². The van der Waals surface area contributed by atoms with Crippen LogP contribution < -0.4 is 0 Å². The number of hydrogen-bond donors (Lipinski definition) is 0. The summed E-state index contributed by atoms with van der Waals surface area (Å²) < 4.78 is 15.7. The van der Waals surface area contributed by atoms with Crippen molar-refractivity contribution in [3.05, 3.63) is 89.5 Å². The fourth-order valence-corrected chi connectivity index (χ4v) is 5.66. The maximum Gasteiger partial charge on any atom is 0.208 e. The van der Waals surface area contributed by atoms with Gasteiger partial charge < -0.3 is 14.0 Å². The zero-order valence-corrected chi connectivity index (χ0v) is 26.0. The van der Waals surface area contributed by atoms with E-state index < -0.39 is 0 Å². The first kappa shape index (κ1) is 31.1. The van der Waals surface area contributed by atoms with E-state index in [0.717, 1.165) is 52.1 Å². The summed E-state index contributed by atoms with van der Waals surface area (Å²) in [5.74, 6) is 0.646. The van der Waals surface area contributed by atoms with Crippen LogP contribution >= 0.6 is 0 Å². The van der Waals surface area contributed by atoms with Crippen LogP contribution in [0.3, 0.4) is 0 Å². The van der Waals surface area contributed by atoms with Crippen molar-refractivity contribution in [2.75, 3.05) is 21.3 Å². The molecular weight excluding hydrogens is 496 g/mol. The Morgan fingerprint density at radius 1 is 1.10 bits per heavy atom. The third kappa shape index (κ3) is 5.32. The number of ketones is 1. The molecule has 5 nitrogen and oxygen atoms in total. The van der Waals surface area contributed by atoms with Crippen molar-refractivity contribution in [1.82, 2.24) is 4.57 Å². The van der Waals surface area contributed by atoms with Gasteiger partial charge in [-0.25, -0.2) is 0 Å². The van der Waals surface area contributed by atoms with Crippen LogP contribution in [0.5, 0.6) is 0 Å². The second-order valence-electron chi connectivity index (χ2n) is 11.0. The van der Waals surface area contributed by atoms with E-state index in [-0.39, 0.29) is 17.3 Å². The van der Waals surface area contributed by atoms with Crippen LogP contribution in [0.25, 0.3) is 16.5 Å². The van der Waals surface area contributed by atoms with E-state index in [4.69, 9.17) is 9.47 Å². The van der Waals surface area contributed by atoms with Gasteiger partial charge in [-0.1, -0.05) is 64.1 Å². The third-order valence-corrected chi connectivity index (χ3v) is 8.28. The van der Waals surface area contributed by atoms with E-state index in [2.05, 4.69) is 76.0 Å². The molecule has 4 rings (SSSR count). The van der Waals surface area contributed by atoms with E-state index in [9.17, 15) is 4.79 Å². The average Bonchev–Trinajstić information content (AvgIpc) is 3.33. The number of methoxy groups -OCH3 is 2. The molecular formula is C35H47N2O3+. The molecule has 214 valence electrons. The SMILES string of the molecule is C=CC1=C(C=C)C(C)(C)C(/C=C2\C(=O)C(c3c(C)n(CCC(C)OC)c4ccccc34)=C2OC)=[N+]1C.CCCC. The molecule has 2 aromatic rings. The Labute approximate surface area is 240 Å². The number of fused-ring (bicyclic) bond motifs is 1. The number of carbonyl (C=O) groups is 1. The topological polar surface area (TPSA) is 43.5 Å². The summed E-state index contributed by atoms with van der Waals surface area (Å²) >= 11 is 0. The van der Waals surface area contributed by atoms with E-state index in [0.29, 0.717) is 16.9 Å². The van der Waals surface area contributed by atoms with Crippen molar-refractivity contribution in [2.24, 2.45) is 5.41 Å². The van der Waals surface area contributed by atoms with Crippen molar-refractivity contribution < 1.29 is 18.8 Å². The molecule has 1 atom stereocenters. The Kier molecular flexibility index (Phi) is 9.96. The molecule has 2 aliphatic rings. The molecule has 0 bridgehead atoms.